The standard InChI is InChI=1S/C27H29Cl2FN5O6P/c1-16(27(38)40-2)34-42(39,41-20-8-6-18(30)7-9-20)35-12-10-19(11-13-35)32-26(37)25-17(15-31-33-25)14-23(36)24-21(28)4-3-5-22(24)29/h3-9,15-16,19H,10-14H2,1-2H3,(H,31,33)(H,32,37)(H,34,39)/t16-,42?/m0/s1. The van der Waals surface area contributed by atoms with Gasteiger partial charge in [0.25, 0.3) is 5.91 Å². The number of Topliss-reactive ketones (excluding diaryl/α,β-unsaturated/α-hetero) is 1. The molecule has 0 radical (unpaired) electrons. The summed E-state index contributed by atoms with van der Waals surface area (Å²) < 4.78 is 39.5. The molecular formula is C27H29Cl2FN5O6P. The normalized spacial score (nSPS) is 16.3. The van der Waals surface area contributed by atoms with Gasteiger partial charge in [-0.1, -0.05) is 29.3 Å². The fourth-order valence-electron chi connectivity index (χ4n) is 4.48. The molecule has 2 atom stereocenters. The SMILES string of the molecule is COC(=O)[C@H](C)NP(=O)(Oc1ccc(F)cc1)N1CCC(NC(=O)c2[nH]ncc2CC(=O)c2c(Cl)cccc2Cl)CC1. The van der Waals surface area contributed by atoms with E-state index in [9.17, 15) is 23.3 Å². The number of methoxy groups -OCH3 is 1. The lowest BCUT2D eigenvalue weighted by Gasteiger charge is -2.37. The van der Waals surface area contributed by atoms with Gasteiger partial charge in [-0.2, -0.15) is 5.10 Å². The third kappa shape index (κ3) is 7.56. The lowest BCUT2D eigenvalue weighted by molar-refractivity contribution is -0.142. The highest BCUT2D eigenvalue weighted by Crippen LogP contribution is 2.48. The summed E-state index contributed by atoms with van der Waals surface area (Å²) >= 11 is 12.3. The number of amides is 1. The molecule has 11 nitrogen and oxygen atoms in total. The molecule has 0 saturated carbocycles. The van der Waals surface area contributed by atoms with E-state index in [1.807, 2.05) is 0 Å². The van der Waals surface area contributed by atoms with Gasteiger partial charge in [0.05, 0.1) is 28.9 Å². The van der Waals surface area contributed by atoms with Crippen molar-refractivity contribution in [3.05, 3.63) is 81.3 Å². The average molecular weight is 640 g/mol. The summed E-state index contributed by atoms with van der Waals surface area (Å²) in [4.78, 5) is 38.1. The quantitative estimate of drug-likeness (QED) is 0.153. The molecule has 224 valence electrons. The summed E-state index contributed by atoms with van der Waals surface area (Å²) in [6.07, 6.45) is 2.05. The van der Waals surface area contributed by atoms with E-state index in [4.69, 9.17) is 32.5 Å². The summed E-state index contributed by atoms with van der Waals surface area (Å²) in [6, 6.07) is 8.52. The van der Waals surface area contributed by atoms with E-state index in [0.29, 0.717) is 18.4 Å². The zero-order valence-corrected chi connectivity index (χ0v) is 25.1. The molecule has 0 bridgehead atoms. The smallest absolute Gasteiger partial charge is 0.393 e. The van der Waals surface area contributed by atoms with Crippen LogP contribution in [-0.2, 0) is 20.5 Å². The number of H-pyrrole nitrogens is 1. The van der Waals surface area contributed by atoms with Crippen LogP contribution in [0.4, 0.5) is 4.39 Å². The van der Waals surface area contributed by atoms with Crippen molar-refractivity contribution in [2.75, 3.05) is 20.2 Å². The van der Waals surface area contributed by atoms with Crippen molar-refractivity contribution in [1.82, 2.24) is 25.3 Å². The number of hydrogen-bond acceptors (Lipinski definition) is 7. The van der Waals surface area contributed by atoms with Gasteiger partial charge in [0.2, 0.25) is 0 Å². The van der Waals surface area contributed by atoms with Gasteiger partial charge >= 0.3 is 13.6 Å². The number of carbonyl (C=O) groups excluding carboxylic acids is 3. The molecule has 1 aliphatic rings. The molecular weight excluding hydrogens is 611 g/mol. The maximum absolute atomic E-state index is 14.0. The molecule has 15 heteroatoms. The van der Waals surface area contributed by atoms with E-state index in [1.54, 1.807) is 22.9 Å². The van der Waals surface area contributed by atoms with Gasteiger partial charge in [0.15, 0.2) is 5.78 Å². The van der Waals surface area contributed by atoms with Crippen LogP contribution < -0.4 is 14.9 Å². The molecule has 1 amide bonds. The number of piperidine rings is 1. The Morgan fingerprint density at radius 3 is 2.40 bits per heavy atom. The number of ether oxygens (including phenoxy) is 1. The van der Waals surface area contributed by atoms with Crippen LogP contribution in [0.5, 0.6) is 5.75 Å². The number of rotatable bonds is 11. The van der Waals surface area contributed by atoms with E-state index < -0.39 is 31.4 Å². The van der Waals surface area contributed by atoms with E-state index >= 15 is 0 Å². The van der Waals surface area contributed by atoms with E-state index in [-0.39, 0.29) is 58.4 Å². The van der Waals surface area contributed by atoms with Gasteiger partial charge in [-0.15, -0.1) is 0 Å². The third-order valence-corrected chi connectivity index (χ3v) is 9.62. The van der Waals surface area contributed by atoms with Crippen LogP contribution in [0.2, 0.25) is 10.0 Å². The molecule has 0 aliphatic carbocycles. The zero-order chi connectivity index (χ0) is 30.4. The van der Waals surface area contributed by atoms with Gasteiger partial charge in [0, 0.05) is 31.1 Å². The molecule has 1 fully saturated rings. The van der Waals surface area contributed by atoms with Crippen LogP contribution in [0, 0.1) is 5.82 Å². The van der Waals surface area contributed by atoms with Crippen LogP contribution in [0.15, 0.2) is 48.7 Å². The number of nitrogens with zero attached hydrogens (tertiary/aromatic N) is 2. The highest BCUT2D eigenvalue weighted by molar-refractivity contribution is 7.54. The Bertz CT molecular complexity index is 1480. The predicted octanol–water partition coefficient (Wildman–Crippen LogP) is 4.81. The van der Waals surface area contributed by atoms with Crippen molar-refractivity contribution < 1.29 is 32.6 Å². The summed E-state index contributed by atoms with van der Waals surface area (Å²) in [5.41, 5.74) is 0.681. The first kappa shape index (κ1) is 31.7. The Hall–Kier alpha value is -3.28. The first-order chi connectivity index (χ1) is 20.0. The van der Waals surface area contributed by atoms with Crippen molar-refractivity contribution in [3.8, 4) is 5.75 Å². The predicted molar refractivity (Wildman–Crippen MR) is 154 cm³/mol. The second-order valence-electron chi connectivity index (χ2n) is 9.61. The van der Waals surface area contributed by atoms with Crippen molar-refractivity contribution >= 4 is 48.5 Å². The van der Waals surface area contributed by atoms with Crippen LogP contribution >= 0.6 is 30.9 Å². The zero-order valence-electron chi connectivity index (χ0n) is 22.7. The maximum atomic E-state index is 14.0. The lowest BCUT2D eigenvalue weighted by Crippen LogP contribution is -2.47. The van der Waals surface area contributed by atoms with Gasteiger partial charge in [-0.3, -0.25) is 19.5 Å². The topological polar surface area (TPSA) is 143 Å². The average Bonchev–Trinajstić information content (AvgIpc) is 3.42. The van der Waals surface area contributed by atoms with E-state index in [0.717, 1.165) is 0 Å². The number of hydrogen-bond donors (Lipinski definition) is 3. The minimum Gasteiger partial charge on any atom is -0.468 e. The van der Waals surface area contributed by atoms with Gasteiger partial charge in [-0.25, -0.2) is 18.7 Å². The molecule has 4 rings (SSSR count). The van der Waals surface area contributed by atoms with Crippen molar-refractivity contribution in [3.63, 3.8) is 0 Å². The molecule has 1 saturated heterocycles. The number of nitrogens with one attached hydrogen (secondary N) is 3. The van der Waals surface area contributed by atoms with Crippen LogP contribution in [0.25, 0.3) is 0 Å². The number of esters is 1. The fraction of sp³-hybridized carbons (Fsp3) is 0.333. The van der Waals surface area contributed by atoms with Crippen LogP contribution in [0.1, 0.15) is 46.2 Å². The van der Waals surface area contributed by atoms with Crippen molar-refractivity contribution in [2.45, 2.75) is 38.3 Å². The second-order valence-corrected chi connectivity index (χ2v) is 12.5. The molecule has 42 heavy (non-hydrogen) atoms. The summed E-state index contributed by atoms with van der Waals surface area (Å²) in [5, 5.41) is 12.7. The number of benzene rings is 2. The summed E-state index contributed by atoms with van der Waals surface area (Å²) in [7, 11) is -2.64. The molecule has 1 aromatic heterocycles. The molecule has 2 heterocycles. The van der Waals surface area contributed by atoms with Crippen LogP contribution in [-0.4, -0.2) is 64.8 Å². The highest BCUT2D eigenvalue weighted by atomic mass is 35.5. The molecule has 1 aliphatic heterocycles. The Labute approximate surface area is 251 Å². The molecule has 0 spiro atoms. The van der Waals surface area contributed by atoms with Gasteiger partial charge < -0.3 is 14.6 Å². The number of halogens is 3. The largest absolute Gasteiger partial charge is 0.468 e. The maximum Gasteiger partial charge on any atom is 0.393 e. The number of aromatic nitrogens is 2. The Balaban J connectivity index is 1.41. The van der Waals surface area contributed by atoms with Crippen LogP contribution in [0.3, 0.4) is 0 Å². The summed E-state index contributed by atoms with van der Waals surface area (Å²) in [6.45, 7) is 1.97. The number of carbonyl (C=O) groups is 3. The van der Waals surface area contributed by atoms with E-state index in [2.05, 4.69) is 20.6 Å². The fourth-order valence-corrected chi connectivity index (χ4v) is 7.18. The van der Waals surface area contributed by atoms with Gasteiger partial charge in [0.1, 0.15) is 23.3 Å². The van der Waals surface area contributed by atoms with Crippen molar-refractivity contribution in [1.29, 1.82) is 0 Å². The van der Waals surface area contributed by atoms with Crippen molar-refractivity contribution in [2.24, 2.45) is 0 Å². The third-order valence-electron chi connectivity index (χ3n) is 6.67. The van der Waals surface area contributed by atoms with Gasteiger partial charge in [-0.05, 0) is 56.2 Å². The molecule has 2 aromatic carbocycles. The minimum absolute atomic E-state index is 0.132. The minimum atomic E-state index is -3.85. The Morgan fingerprint density at radius 1 is 1.14 bits per heavy atom. The second kappa shape index (κ2) is 13.8. The Kier molecular flexibility index (Phi) is 10.4. The highest BCUT2D eigenvalue weighted by Gasteiger charge is 2.39. The Morgan fingerprint density at radius 2 is 1.79 bits per heavy atom. The first-order valence-electron chi connectivity index (χ1n) is 13.0. The summed E-state index contributed by atoms with van der Waals surface area (Å²) in [5.74, 6) is -1.78. The van der Waals surface area contributed by atoms with E-state index in [1.165, 1.54) is 44.5 Å². The molecule has 3 N–H and O–H groups in total. The molecule has 1 unspecified atom stereocenters. The number of aromatic amines is 1. The molecule has 3 aromatic rings. The first-order valence-corrected chi connectivity index (χ1v) is 15.3. The number of ketones is 1. The lowest BCUT2D eigenvalue weighted by atomic mass is 10.0. The monoisotopic (exact) mass is 639 g/mol.